The standard InChI is InChI=1S/C15H22N2O3S/c1-21(19,20)14-8-6-7-13(11-14)16-15(18)12-17-9-4-2-3-5-10-17/h6-8,11H,2-5,9-10,12H2,1H3,(H,16,18). The number of hydrogen-bond donors (Lipinski definition) is 1. The van der Waals surface area contributed by atoms with E-state index in [4.69, 9.17) is 0 Å². The van der Waals surface area contributed by atoms with Crippen LogP contribution in [0.25, 0.3) is 0 Å². The molecule has 1 aliphatic rings. The van der Waals surface area contributed by atoms with Crippen LogP contribution in [0.15, 0.2) is 29.2 Å². The molecule has 0 unspecified atom stereocenters. The summed E-state index contributed by atoms with van der Waals surface area (Å²) in [7, 11) is -3.25. The molecule has 0 bridgehead atoms. The van der Waals surface area contributed by atoms with E-state index >= 15 is 0 Å². The summed E-state index contributed by atoms with van der Waals surface area (Å²) in [6, 6.07) is 6.36. The van der Waals surface area contributed by atoms with Crippen LogP contribution in [0.3, 0.4) is 0 Å². The molecule has 0 atom stereocenters. The molecule has 1 saturated heterocycles. The Morgan fingerprint density at radius 2 is 1.86 bits per heavy atom. The molecule has 0 spiro atoms. The van der Waals surface area contributed by atoms with E-state index < -0.39 is 9.84 Å². The summed E-state index contributed by atoms with van der Waals surface area (Å²) in [6.45, 7) is 2.27. The number of anilines is 1. The topological polar surface area (TPSA) is 66.5 Å². The maximum absolute atomic E-state index is 12.1. The molecule has 1 heterocycles. The van der Waals surface area contributed by atoms with Gasteiger partial charge in [0.15, 0.2) is 9.84 Å². The van der Waals surface area contributed by atoms with Crippen molar-refractivity contribution in [3.8, 4) is 0 Å². The van der Waals surface area contributed by atoms with E-state index in [-0.39, 0.29) is 10.8 Å². The number of sulfone groups is 1. The second-order valence-electron chi connectivity index (χ2n) is 5.54. The number of likely N-dealkylation sites (tertiary alicyclic amines) is 1. The second-order valence-corrected chi connectivity index (χ2v) is 7.55. The van der Waals surface area contributed by atoms with Crippen LogP contribution in [0.1, 0.15) is 25.7 Å². The highest BCUT2D eigenvalue weighted by atomic mass is 32.2. The number of hydrogen-bond acceptors (Lipinski definition) is 4. The monoisotopic (exact) mass is 310 g/mol. The molecule has 0 aliphatic carbocycles. The minimum Gasteiger partial charge on any atom is -0.325 e. The number of carbonyl (C=O) groups is 1. The molecule has 1 aromatic rings. The van der Waals surface area contributed by atoms with Gasteiger partial charge < -0.3 is 5.32 Å². The molecule has 6 heteroatoms. The van der Waals surface area contributed by atoms with Gasteiger partial charge in [-0.3, -0.25) is 9.69 Å². The van der Waals surface area contributed by atoms with Crippen LogP contribution in [0.2, 0.25) is 0 Å². The number of benzene rings is 1. The van der Waals surface area contributed by atoms with Crippen molar-refractivity contribution in [1.82, 2.24) is 4.90 Å². The fourth-order valence-corrected chi connectivity index (χ4v) is 3.17. The van der Waals surface area contributed by atoms with Gasteiger partial charge in [0.25, 0.3) is 0 Å². The van der Waals surface area contributed by atoms with Gasteiger partial charge in [0.2, 0.25) is 5.91 Å². The minimum atomic E-state index is -3.25. The zero-order chi connectivity index (χ0) is 15.3. The van der Waals surface area contributed by atoms with Crippen molar-refractivity contribution in [2.45, 2.75) is 30.6 Å². The van der Waals surface area contributed by atoms with E-state index in [0.29, 0.717) is 12.2 Å². The fourth-order valence-electron chi connectivity index (χ4n) is 2.50. The first kappa shape index (κ1) is 16.0. The van der Waals surface area contributed by atoms with E-state index in [9.17, 15) is 13.2 Å². The molecule has 2 rings (SSSR count). The molecule has 21 heavy (non-hydrogen) atoms. The lowest BCUT2D eigenvalue weighted by Crippen LogP contribution is -2.33. The highest BCUT2D eigenvalue weighted by Crippen LogP contribution is 2.15. The van der Waals surface area contributed by atoms with Crippen molar-refractivity contribution in [2.24, 2.45) is 0 Å². The maximum atomic E-state index is 12.1. The Bertz CT molecular complexity index is 591. The van der Waals surface area contributed by atoms with E-state index in [1.165, 1.54) is 25.0 Å². The third-order valence-corrected chi connectivity index (χ3v) is 4.72. The van der Waals surface area contributed by atoms with Crippen LogP contribution < -0.4 is 5.32 Å². The molecule has 0 saturated carbocycles. The highest BCUT2D eigenvalue weighted by Gasteiger charge is 2.14. The quantitative estimate of drug-likeness (QED) is 0.922. The number of rotatable bonds is 4. The lowest BCUT2D eigenvalue weighted by Gasteiger charge is -2.19. The van der Waals surface area contributed by atoms with Crippen LogP contribution in [0, 0.1) is 0 Å². The Balaban J connectivity index is 1.96. The molecule has 1 N–H and O–H groups in total. The molecule has 116 valence electrons. The van der Waals surface area contributed by atoms with Gasteiger partial charge in [-0.05, 0) is 44.1 Å². The van der Waals surface area contributed by atoms with Crippen molar-refractivity contribution < 1.29 is 13.2 Å². The molecule has 1 fully saturated rings. The van der Waals surface area contributed by atoms with Crippen molar-refractivity contribution in [1.29, 1.82) is 0 Å². The van der Waals surface area contributed by atoms with Crippen LogP contribution in [0.4, 0.5) is 5.69 Å². The Hall–Kier alpha value is -1.40. The van der Waals surface area contributed by atoms with E-state index in [1.54, 1.807) is 12.1 Å². The van der Waals surface area contributed by atoms with Gasteiger partial charge in [-0.15, -0.1) is 0 Å². The number of amides is 1. The maximum Gasteiger partial charge on any atom is 0.238 e. The van der Waals surface area contributed by atoms with Gasteiger partial charge >= 0.3 is 0 Å². The Morgan fingerprint density at radius 3 is 2.48 bits per heavy atom. The molecular weight excluding hydrogens is 288 g/mol. The first-order valence-electron chi connectivity index (χ1n) is 7.27. The van der Waals surface area contributed by atoms with Gasteiger partial charge in [0.1, 0.15) is 0 Å². The Kier molecular flexibility index (Phi) is 5.36. The largest absolute Gasteiger partial charge is 0.325 e. The smallest absolute Gasteiger partial charge is 0.238 e. The average Bonchev–Trinajstić information content (AvgIpc) is 2.66. The lowest BCUT2D eigenvalue weighted by molar-refractivity contribution is -0.117. The molecule has 1 aliphatic heterocycles. The number of nitrogens with one attached hydrogen (secondary N) is 1. The van der Waals surface area contributed by atoms with Crippen LogP contribution in [0.5, 0.6) is 0 Å². The van der Waals surface area contributed by atoms with Gasteiger partial charge in [-0.1, -0.05) is 18.9 Å². The van der Waals surface area contributed by atoms with Gasteiger partial charge in [0.05, 0.1) is 11.4 Å². The Morgan fingerprint density at radius 1 is 1.19 bits per heavy atom. The summed E-state index contributed by atoms with van der Waals surface area (Å²) in [4.78, 5) is 14.4. The van der Waals surface area contributed by atoms with Crippen LogP contribution in [-0.4, -0.2) is 45.1 Å². The predicted octanol–water partition coefficient (Wildman–Crippen LogP) is 1.90. The summed E-state index contributed by atoms with van der Waals surface area (Å²) in [5, 5.41) is 2.78. The third kappa shape index (κ3) is 5.13. The summed E-state index contributed by atoms with van der Waals surface area (Å²) < 4.78 is 23.0. The van der Waals surface area contributed by atoms with Gasteiger partial charge in [0, 0.05) is 11.9 Å². The highest BCUT2D eigenvalue weighted by molar-refractivity contribution is 7.90. The molecule has 1 aromatic carbocycles. The van der Waals surface area contributed by atoms with Crippen LogP contribution >= 0.6 is 0 Å². The van der Waals surface area contributed by atoms with Gasteiger partial charge in [-0.2, -0.15) is 0 Å². The van der Waals surface area contributed by atoms with Crippen molar-refractivity contribution in [3.63, 3.8) is 0 Å². The zero-order valence-corrected chi connectivity index (χ0v) is 13.2. The Labute approximate surface area is 126 Å². The average molecular weight is 310 g/mol. The second kappa shape index (κ2) is 7.04. The number of nitrogens with zero attached hydrogens (tertiary/aromatic N) is 1. The fraction of sp³-hybridized carbons (Fsp3) is 0.533. The van der Waals surface area contributed by atoms with Crippen molar-refractivity contribution in [3.05, 3.63) is 24.3 Å². The molecule has 5 nitrogen and oxygen atoms in total. The SMILES string of the molecule is CS(=O)(=O)c1cccc(NC(=O)CN2CCCCCC2)c1. The molecule has 1 amide bonds. The first-order valence-corrected chi connectivity index (χ1v) is 9.16. The first-order chi connectivity index (χ1) is 9.95. The van der Waals surface area contributed by atoms with Crippen molar-refractivity contribution in [2.75, 3.05) is 31.2 Å². The summed E-state index contributed by atoms with van der Waals surface area (Å²) in [5.41, 5.74) is 0.526. The zero-order valence-electron chi connectivity index (χ0n) is 12.3. The summed E-state index contributed by atoms with van der Waals surface area (Å²) >= 11 is 0. The number of carbonyl (C=O) groups excluding carboxylic acids is 1. The third-order valence-electron chi connectivity index (χ3n) is 3.61. The minimum absolute atomic E-state index is 0.0949. The summed E-state index contributed by atoms with van der Waals surface area (Å²) in [5.74, 6) is -0.0949. The van der Waals surface area contributed by atoms with Gasteiger partial charge in [-0.25, -0.2) is 8.42 Å². The van der Waals surface area contributed by atoms with E-state index in [1.807, 2.05) is 0 Å². The predicted molar refractivity (Wildman–Crippen MR) is 83.1 cm³/mol. The van der Waals surface area contributed by atoms with Crippen LogP contribution in [-0.2, 0) is 14.6 Å². The van der Waals surface area contributed by atoms with Crippen molar-refractivity contribution >= 4 is 21.4 Å². The summed E-state index contributed by atoms with van der Waals surface area (Å²) in [6.07, 6.45) is 5.89. The molecule has 0 aromatic heterocycles. The van der Waals surface area contributed by atoms with E-state index in [2.05, 4.69) is 10.2 Å². The molecule has 0 radical (unpaired) electrons. The lowest BCUT2D eigenvalue weighted by atomic mass is 10.2. The van der Waals surface area contributed by atoms with E-state index in [0.717, 1.165) is 32.2 Å². The normalized spacial score (nSPS) is 17.2. The molecular formula is C15H22N2O3S.